The number of aromatic nitrogens is 2. The number of nitro benzene ring substituents is 1. The van der Waals surface area contributed by atoms with E-state index >= 15 is 0 Å². The fraction of sp³-hybridized carbons (Fsp3) is 0.404. The molecule has 1 amide bonds. The minimum atomic E-state index is -4.61. The van der Waals surface area contributed by atoms with Crippen molar-refractivity contribution in [3.05, 3.63) is 117 Å². The SMILES string of the molecule is CC1(C)CCC(CN2CCN(c3ccc(C(=O)NS(=O)(=O)c4ccc(NCCC5CCCCO5)c([N+](=O)[O-])c4)c(Oc4cnc5[nH]ccc5c4)c3)CC2)=C(c2ccc(C(F)(F)F)cc2Cl)C1. The van der Waals surface area contributed by atoms with Crippen molar-refractivity contribution < 1.29 is 40.8 Å². The molecule has 1 atom stereocenters. The zero-order chi connectivity index (χ0) is 46.8. The van der Waals surface area contributed by atoms with Gasteiger partial charge in [-0.25, -0.2) is 18.1 Å². The molecule has 2 aromatic heterocycles. The minimum Gasteiger partial charge on any atom is -0.455 e. The Bertz CT molecular complexity index is 2770. The molecule has 1 aliphatic carbocycles. The van der Waals surface area contributed by atoms with Crippen molar-refractivity contribution in [2.24, 2.45) is 5.41 Å². The number of nitrogens with zero attached hydrogens (tertiary/aromatic N) is 4. The van der Waals surface area contributed by atoms with Crippen molar-refractivity contribution in [1.82, 2.24) is 19.6 Å². The quantitative estimate of drug-likeness (QED) is 0.0715. The lowest BCUT2D eigenvalue weighted by molar-refractivity contribution is -0.384. The summed E-state index contributed by atoms with van der Waals surface area (Å²) in [5.41, 5.74) is 2.85. The van der Waals surface area contributed by atoms with Crippen molar-refractivity contribution in [3.8, 4) is 11.5 Å². The maximum absolute atomic E-state index is 13.9. The Morgan fingerprint density at radius 3 is 2.59 bits per heavy atom. The molecule has 4 heterocycles. The molecule has 0 bridgehead atoms. The second-order valence-corrected chi connectivity index (χ2v) is 19.9. The standard InChI is InChI=1S/C47H51ClF3N7O7S/c1-46(2)15-12-31(39(27-46)37-9-6-32(24-40(37)48)47(49,50)51)29-56-18-20-57(21-19-56)33-7-10-38(43(25-33)65-35-23-30-13-16-53-44(30)54-28-35)45(59)55-66(62,63)36-8-11-41(42(26-36)58(60)61)52-17-14-34-5-3-4-22-64-34/h6-11,13,16,23-26,28,34,52H,3-5,12,14-15,17-22,27,29H2,1-2H3,(H,53,54)(H,55,59). The number of H-pyrrole nitrogens is 1. The first-order valence-corrected chi connectivity index (χ1v) is 23.8. The first-order chi connectivity index (χ1) is 31.4. The Morgan fingerprint density at radius 1 is 1.06 bits per heavy atom. The van der Waals surface area contributed by atoms with Crippen LogP contribution in [0.3, 0.4) is 0 Å². The molecule has 19 heteroatoms. The van der Waals surface area contributed by atoms with Crippen LogP contribution in [0.15, 0.2) is 89.6 Å². The van der Waals surface area contributed by atoms with Gasteiger partial charge in [-0.1, -0.05) is 37.1 Å². The van der Waals surface area contributed by atoms with E-state index in [9.17, 15) is 36.5 Å². The summed E-state index contributed by atoms with van der Waals surface area (Å²) in [5, 5.41) is 15.9. The first-order valence-electron chi connectivity index (χ1n) is 21.9. The van der Waals surface area contributed by atoms with Crippen molar-refractivity contribution in [1.29, 1.82) is 0 Å². The largest absolute Gasteiger partial charge is 0.455 e. The molecule has 8 rings (SSSR count). The van der Waals surface area contributed by atoms with Gasteiger partial charge in [0, 0.05) is 80.3 Å². The normalized spacial score (nSPS) is 18.3. The van der Waals surface area contributed by atoms with Gasteiger partial charge in [0.15, 0.2) is 0 Å². The number of piperazine rings is 1. The maximum Gasteiger partial charge on any atom is 0.416 e. The number of sulfonamides is 1. The van der Waals surface area contributed by atoms with Gasteiger partial charge in [-0.05, 0) is 110 Å². The van der Waals surface area contributed by atoms with Gasteiger partial charge in [0.2, 0.25) is 0 Å². The highest BCUT2D eigenvalue weighted by Gasteiger charge is 2.34. The highest BCUT2D eigenvalue weighted by Crippen LogP contribution is 2.46. The number of amides is 1. The number of pyridine rings is 1. The van der Waals surface area contributed by atoms with Gasteiger partial charge in [-0.15, -0.1) is 0 Å². The molecule has 0 radical (unpaired) electrons. The monoisotopic (exact) mass is 949 g/mol. The Kier molecular flexibility index (Phi) is 13.7. The van der Waals surface area contributed by atoms with Crippen molar-refractivity contribution in [2.75, 3.05) is 56.1 Å². The molecule has 3 aliphatic rings. The van der Waals surface area contributed by atoms with E-state index in [2.05, 4.69) is 43.7 Å². The summed E-state index contributed by atoms with van der Waals surface area (Å²) >= 11 is 6.53. The van der Waals surface area contributed by atoms with Crippen LogP contribution in [0.5, 0.6) is 11.5 Å². The van der Waals surface area contributed by atoms with E-state index in [0.29, 0.717) is 81.4 Å². The second kappa shape index (κ2) is 19.3. The van der Waals surface area contributed by atoms with E-state index in [1.807, 2.05) is 6.07 Å². The van der Waals surface area contributed by atoms with Gasteiger partial charge in [-0.3, -0.25) is 19.8 Å². The van der Waals surface area contributed by atoms with Crippen LogP contribution >= 0.6 is 11.6 Å². The van der Waals surface area contributed by atoms with Gasteiger partial charge < -0.3 is 24.7 Å². The van der Waals surface area contributed by atoms with Crippen LogP contribution in [0.25, 0.3) is 16.6 Å². The molecule has 1 unspecified atom stereocenters. The lowest BCUT2D eigenvalue weighted by Crippen LogP contribution is -2.47. The lowest BCUT2D eigenvalue weighted by Gasteiger charge is -2.39. The number of nitro groups is 1. The average molecular weight is 950 g/mol. The van der Waals surface area contributed by atoms with Gasteiger partial charge >= 0.3 is 6.18 Å². The van der Waals surface area contributed by atoms with Crippen molar-refractivity contribution in [3.63, 3.8) is 0 Å². The van der Waals surface area contributed by atoms with Crippen LogP contribution in [0.4, 0.5) is 30.2 Å². The van der Waals surface area contributed by atoms with E-state index in [-0.39, 0.29) is 33.5 Å². The minimum absolute atomic E-state index is 0.0476. The molecule has 66 heavy (non-hydrogen) atoms. The molecule has 0 spiro atoms. The van der Waals surface area contributed by atoms with E-state index in [4.69, 9.17) is 21.1 Å². The Labute approximate surface area is 385 Å². The van der Waals surface area contributed by atoms with Crippen LogP contribution in [0.2, 0.25) is 5.02 Å². The Hall–Kier alpha value is -5.69. The molecule has 5 aromatic rings. The number of alkyl halides is 3. The van der Waals surface area contributed by atoms with E-state index in [1.54, 1.807) is 24.4 Å². The number of carbonyl (C=O) groups excluding carboxylic acids is 1. The molecular weight excluding hydrogens is 899 g/mol. The van der Waals surface area contributed by atoms with Gasteiger partial charge in [0.1, 0.15) is 22.8 Å². The van der Waals surface area contributed by atoms with E-state index < -0.39 is 43.2 Å². The summed E-state index contributed by atoms with van der Waals surface area (Å²) in [7, 11) is -4.61. The van der Waals surface area contributed by atoms with Crippen LogP contribution in [0, 0.1) is 15.5 Å². The highest BCUT2D eigenvalue weighted by molar-refractivity contribution is 7.90. The number of ether oxygens (including phenoxy) is 2. The zero-order valence-electron chi connectivity index (χ0n) is 36.5. The number of hydrogen-bond donors (Lipinski definition) is 3. The summed E-state index contributed by atoms with van der Waals surface area (Å²) < 4.78 is 82.0. The fourth-order valence-electron chi connectivity index (χ4n) is 8.86. The number of benzene rings is 3. The summed E-state index contributed by atoms with van der Waals surface area (Å²) in [6.07, 6.45) is 4.75. The zero-order valence-corrected chi connectivity index (χ0v) is 38.1. The van der Waals surface area contributed by atoms with Crippen LogP contribution < -0.4 is 19.7 Å². The Balaban J connectivity index is 0.996. The summed E-state index contributed by atoms with van der Waals surface area (Å²) in [6, 6.07) is 15.4. The molecule has 2 saturated heterocycles. The lowest BCUT2D eigenvalue weighted by atomic mass is 9.72. The number of rotatable bonds is 14. The number of aromatic amines is 1. The second-order valence-electron chi connectivity index (χ2n) is 17.8. The number of anilines is 2. The Morgan fingerprint density at radius 2 is 1.86 bits per heavy atom. The van der Waals surface area contributed by atoms with E-state index in [0.717, 1.165) is 66.8 Å². The fourth-order valence-corrected chi connectivity index (χ4v) is 10.1. The molecule has 350 valence electrons. The van der Waals surface area contributed by atoms with Crippen LogP contribution in [-0.2, 0) is 20.9 Å². The maximum atomic E-state index is 13.9. The van der Waals surface area contributed by atoms with Crippen molar-refractivity contribution in [2.45, 2.75) is 76.0 Å². The number of carbonyl (C=O) groups is 1. The third-order valence-electron chi connectivity index (χ3n) is 12.5. The molecule has 14 nitrogen and oxygen atoms in total. The molecule has 3 N–H and O–H groups in total. The predicted molar refractivity (Wildman–Crippen MR) is 247 cm³/mol. The third kappa shape index (κ3) is 10.9. The van der Waals surface area contributed by atoms with Crippen molar-refractivity contribution >= 4 is 61.2 Å². The number of fused-ring (bicyclic) bond motifs is 1. The van der Waals surface area contributed by atoms with Crippen LogP contribution in [0.1, 0.15) is 80.3 Å². The number of nitrogens with one attached hydrogen (secondary N) is 3. The summed E-state index contributed by atoms with van der Waals surface area (Å²) in [6.45, 7) is 8.48. The molecule has 0 saturated carbocycles. The predicted octanol–water partition coefficient (Wildman–Crippen LogP) is 10.2. The topological polar surface area (TPSA) is 172 Å². The average Bonchev–Trinajstić information content (AvgIpc) is 3.75. The number of allylic oxidation sites excluding steroid dienone is 1. The molecular formula is C47H51ClF3N7O7S. The van der Waals surface area contributed by atoms with E-state index in [1.165, 1.54) is 30.5 Å². The first kappa shape index (κ1) is 46.8. The molecule has 2 aliphatic heterocycles. The van der Waals surface area contributed by atoms with Crippen LogP contribution in [-0.4, -0.2) is 86.1 Å². The molecule has 2 fully saturated rings. The van der Waals surface area contributed by atoms with Gasteiger partial charge in [0.25, 0.3) is 21.6 Å². The molecule has 3 aromatic carbocycles. The van der Waals surface area contributed by atoms with Gasteiger partial charge in [0.05, 0.1) is 33.2 Å². The summed E-state index contributed by atoms with van der Waals surface area (Å²) in [5.74, 6) is -0.662. The highest BCUT2D eigenvalue weighted by atomic mass is 35.5. The summed E-state index contributed by atoms with van der Waals surface area (Å²) in [4.78, 5) is 36.7. The number of hydrogen-bond acceptors (Lipinski definition) is 11. The van der Waals surface area contributed by atoms with Gasteiger partial charge in [-0.2, -0.15) is 13.2 Å². The smallest absolute Gasteiger partial charge is 0.416 e. The number of halogens is 4. The third-order valence-corrected chi connectivity index (χ3v) is 14.2.